The molecule has 2 aromatic heterocycles. The normalized spacial score (nSPS) is 24.6. The van der Waals surface area contributed by atoms with Crippen LogP contribution in [0.5, 0.6) is 0 Å². The monoisotopic (exact) mass is 889 g/mol. The van der Waals surface area contributed by atoms with E-state index in [0.29, 0.717) is 109 Å². The number of anilines is 2. The van der Waals surface area contributed by atoms with Gasteiger partial charge in [-0.3, -0.25) is 38.8 Å². The molecule has 10 rings (SSSR count). The Morgan fingerprint density at radius 1 is 0.908 bits per heavy atom. The van der Waals surface area contributed by atoms with Gasteiger partial charge in [0.05, 0.1) is 11.9 Å². The van der Waals surface area contributed by atoms with E-state index in [2.05, 4.69) is 33.0 Å². The van der Waals surface area contributed by atoms with Crippen molar-refractivity contribution < 1.29 is 28.0 Å². The maximum Gasteiger partial charge on any atom is 0.276 e. The van der Waals surface area contributed by atoms with E-state index < -0.39 is 29.8 Å². The molecule has 4 amide bonds. The summed E-state index contributed by atoms with van der Waals surface area (Å²) in [6, 6.07) is 12.7. The first-order valence-corrected chi connectivity index (χ1v) is 23.2. The molecule has 65 heavy (non-hydrogen) atoms. The molecule has 4 aromatic rings. The zero-order chi connectivity index (χ0) is 45.4. The van der Waals surface area contributed by atoms with Gasteiger partial charge in [0.25, 0.3) is 17.4 Å². The van der Waals surface area contributed by atoms with Crippen molar-refractivity contribution in [3.05, 3.63) is 105 Å². The van der Waals surface area contributed by atoms with Gasteiger partial charge in [-0.2, -0.15) is 0 Å². The van der Waals surface area contributed by atoms with Crippen molar-refractivity contribution in [2.45, 2.75) is 109 Å². The van der Waals surface area contributed by atoms with Crippen LogP contribution in [0.25, 0.3) is 11.0 Å². The molecule has 0 radical (unpaired) electrons. The number of piperidine rings is 3. The minimum Gasteiger partial charge on any atom is -0.376 e. The Hall–Kier alpha value is -6.03. The van der Waals surface area contributed by atoms with E-state index in [0.717, 1.165) is 25.8 Å². The van der Waals surface area contributed by atoms with Crippen LogP contribution < -0.4 is 21.5 Å². The van der Waals surface area contributed by atoms with Crippen LogP contribution in [-0.4, -0.2) is 98.2 Å². The minimum absolute atomic E-state index is 0.00497. The van der Waals surface area contributed by atoms with Gasteiger partial charge in [0.15, 0.2) is 0 Å². The number of nitrogens with one attached hydrogen (secondary N) is 3. The highest BCUT2D eigenvalue weighted by molar-refractivity contribution is 6.06. The van der Waals surface area contributed by atoms with E-state index in [4.69, 9.17) is 9.97 Å². The quantitative estimate of drug-likeness (QED) is 0.151. The first kappa shape index (κ1) is 44.2. The molecular formula is C49H57F2N9O5. The molecule has 16 heteroatoms. The van der Waals surface area contributed by atoms with Gasteiger partial charge < -0.3 is 20.4 Å². The number of likely N-dealkylation sites (tertiary alicyclic amines) is 1. The van der Waals surface area contributed by atoms with Crippen molar-refractivity contribution in [3.8, 4) is 0 Å². The smallest absolute Gasteiger partial charge is 0.276 e. The molecule has 3 fully saturated rings. The van der Waals surface area contributed by atoms with Gasteiger partial charge in [-0.25, -0.2) is 18.7 Å². The summed E-state index contributed by atoms with van der Waals surface area (Å²) in [6.07, 6.45) is 9.16. The van der Waals surface area contributed by atoms with Gasteiger partial charge in [-0.1, -0.05) is 36.4 Å². The van der Waals surface area contributed by atoms with Crippen LogP contribution in [0.4, 0.5) is 20.3 Å². The number of fused-ring (bicyclic) bond motifs is 9. The SMILES string of the molecule is Cc1nc2c3cc(C4CCN(C(=O)CNc5cccc6c5CN(C5CCC(=O)NC5=O)C6=O)CC4)c(=O)n(c3n1)CCCC/C=C\CN1CCC(CC1)C(F)(F)c1cccc(c1)[C@@H](C)N2. The largest absolute Gasteiger partial charge is 0.376 e. The predicted molar refractivity (Wildman–Crippen MR) is 243 cm³/mol. The molecule has 3 saturated heterocycles. The number of aryl methyl sites for hydroxylation is 2. The summed E-state index contributed by atoms with van der Waals surface area (Å²) in [7, 11) is 0. The van der Waals surface area contributed by atoms with Crippen molar-refractivity contribution in [1.82, 2.24) is 34.6 Å². The van der Waals surface area contributed by atoms with Gasteiger partial charge in [0, 0.05) is 79.0 Å². The second-order valence-corrected chi connectivity index (χ2v) is 18.3. The number of allylic oxidation sites excluding steroid dienone is 1. The van der Waals surface area contributed by atoms with Gasteiger partial charge in [-0.05, 0) is 114 Å². The summed E-state index contributed by atoms with van der Waals surface area (Å²) in [4.78, 5) is 81.1. The number of aromatic nitrogens is 3. The minimum atomic E-state index is -2.97. The fourth-order valence-corrected chi connectivity index (χ4v) is 10.3. The molecule has 1 unspecified atom stereocenters. The first-order chi connectivity index (χ1) is 31.3. The van der Waals surface area contributed by atoms with Crippen molar-refractivity contribution in [1.29, 1.82) is 0 Å². The molecule has 0 saturated carbocycles. The van der Waals surface area contributed by atoms with Crippen LogP contribution in [0.2, 0.25) is 0 Å². The zero-order valence-corrected chi connectivity index (χ0v) is 37.1. The number of carbonyl (C=O) groups excluding carboxylic acids is 4. The summed E-state index contributed by atoms with van der Waals surface area (Å²) < 4.78 is 34.0. The predicted octanol–water partition coefficient (Wildman–Crippen LogP) is 6.40. The van der Waals surface area contributed by atoms with E-state index in [1.807, 2.05) is 25.1 Å². The highest BCUT2D eigenvalue weighted by Crippen LogP contribution is 2.42. The number of alkyl halides is 2. The summed E-state index contributed by atoms with van der Waals surface area (Å²) in [6.45, 7) is 7.25. The summed E-state index contributed by atoms with van der Waals surface area (Å²) >= 11 is 0. The third-order valence-corrected chi connectivity index (χ3v) is 14.1. The van der Waals surface area contributed by atoms with E-state index in [-0.39, 0.29) is 60.7 Å². The average Bonchev–Trinajstić information content (AvgIpc) is 3.64. The molecule has 2 aromatic carbocycles. The van der Waals surface area contributed by atoms with Gasteiger partial charge in [0.2, 0.25) is 17.7 Å². The number of hydrogen-bond acceptors (Lipinski definition) is 10. The lowest BCUT2D eigenvalue weighted by Gasteiger charge is -2.35. The maximum atomic E-state index is 16.1. The van der Waals surface area contributed by atoms with Crippen LogP contribution in [0.1, 0.15) is 115 Å². The first-order valence-electron chi connectivity index (χ1n) is 23.2. The van der Waals surface area contributed by atoms with Crippen molar-refractivity contribution in [2.24, 2.45) is 5.92 Å². The molecule has 8 bridgehead atoms. The number of amides is 4. The third kappa shape index (κ3) is 9.01. The molecule has 0 aliphatic carbocycles. The summed E-state index contributed by atoms with van der Waals surface area (Å²) in [5.74, 6) is -4.05. The Labute approximate surface area is 376 Å². The Bertz CT molecular complexity index is 2600. The fourth-order valence-electron chi connectivity index (χ4n) is 10.3. The fraction of sp³-hybridized carbons (Fsp3) is 0.490. The molecule has 6 aliphatic rings. The Kier molecular flexibility index (Phi) is 12.5. The number of pyridine rings is 1. The van der Waals surface area contributed by atoms with Crippen LogP contribution in [0, 0.1) is 12.8 Å². The highest BCUT2D eigenvalue weighted by atomic mass is 19.3. The maximum absolute atomic E-state index is 16.1. The molecule has 14 nitrogen and oxygen atoms in total. The number of rotatable bonds is 5. The highest BCUT2D eigenvalue weighted by Gasteiger charge is 2.43. The van der Waals surface area contributed by atoms with Crippen LogP contribution in [0.3, 0.4) is 0 Å². The standard InChI is InChI=1S/C49H57F2N9O5/c1-30-33-10-8-11-35(26-33)49(50,51)34-18-22-57(23-19-34)20-6-4-3-5-7-21-59-45-38(44(53-30)54-31(2)55-45)27-37(48(59)65)32-16-24-58(25-17-32)43(62)28-52-40-13-9-12-36-39(40)29-60(47(36)64)41-14-15-42(61)56-46(41)63/h4,6,8-13,26-27,30,32,34,41,52H,3,5,7,14-25,28-29H2,1-2H3,(H,53,54,55)(H,56,61,63)/b6-4-/t30-,41?/m1/s1. The van der Waals surface area contributed by atoms with Gasteiger partial charge >= 0.3 is 0 Å². The number of hydrogen-bond donors (Lipinski definition) is 3. The summed E-state index contributed by atoms with van der Waals surface area (Å²) in [5.41, 5.74) is 3.59. The molecule has 2 atom stereocenters. The molecule has 6 aliphatic heterocycles. The summed E-state index contributed by atoms with van der Waals surface area (Å²) in [5, 5.41) is 9.77. The lowest BCUT2D eigenvalue weighted by molar-refractivity contribution is -0.137. The molecule has 0 spiro atoms. The van der Waals surface area contributed by atoms with Gasteiger partial charge in [-0.15, -0.1) is 0 Å². The van der Waals surface area contributed by atoms with E-state index in [1.54, 1.807) is 40.7 Å². The van der Waals surface area contributed by atoms with Crippen LogP contribution in [-0.2, 0) is 33.4 Å². The average molecular weight is 890 g/mol. The number of imide groups is 1. The second-order valence-electron chi connectivity index (χ2n) is 18.3. The van der Waals surface area contributed by atoms with Crippen molar-refractivity contribution in [2.75, 3.05) is 49.9 Å². The van der Waals surface area contributed by atoms with E-state index in [9.17, 15) is 24.0 Å². The van der Waals surface area contributed by atoms with Crippen molar-refractivity contribution in [3.63, 3.8) is 0 Å². The molecule has 3 N–H and O–H groups in total. The molecule has 342 valence electrons. The number of nitrogens with zero attached hydrogens (tertiary/aromatic N) is 6. The Morgan fingerprint density at radius 2 is 1.69 bits per heavy atom. The molecule has 8 heterocycles. The lowest BCUT2D eigenvalue weighted by atomic mass is 9.85. The molecular weight excluding hydrogens is 833 g/mol. The van der Waals surface area contributed by atoms with Crippen LogP contribution in [0.15, 0.2) is 65.5 Å². The second kappa shape index (κ2) is 18.5. The topological polar surface area (TPSA) is 162 Å². The van der Waals surface area contributed by atoms with E-state index >= 15 is 8.78 Å². The van der Waals surface area contributed by atoms with Gasteiger partial charge in [0.1, 0.15) is 23.3 Å². The Morgan fingerprint density at radius 3 is 2.48 bits per heavy atom. The number of carbonyl (C=O) groups is 4. The Balaban J connectivity index is 0.932. The zero-order valence-electron chi connectivity index (χ0n) is 37.1. The lowest BCUT2D eigenvalue weighted by Crippen LogP contribution is -2.52. The number of benzene rings is 2. The van der Waals surface area contributed by atoms with Crippen LogP contribution >= 0.6 is 0 Å². The van der Waals surface area contributed by atoms with E-state index in [1.165, 1.54) is 11.0 Å². The van der Waals surface area contributed by atoms with Crippen molar-refractivity contribution >= 4 is 46.2 Å². The third-order valence-electron chi connectivity index (χ3n) is 14.1. The number of halogens is 2.